The minimum absolute atomic E-state index is 0.0648. The molecule has 13 heteroatoms. The van der Waals surface area contributed by atoms with E-state index in [1.54, 1.807) is 0 Å². The van der Waals surface area contributed by atoms with Crippen LogP contribution in [0.1, 0.15) is 0 Å². The number of sulfonamides is 1. The SMILES string of the molecule is CS(=O)(=O)Cl.CS(=O)(=O)Nc1ccc(F)c(Cl)c1.Nc1ccc(F)c(Cl)c1. The van der Waals surface area contributed by atoms with Gasteiger partial charge < -0.3 is 5.73 Å². The fourth-order valence-corrected chi connectivity index (χ4v) is 2.21. The summed E-state index contributed by atoms with van der Waals surface area (Å²) in [4.78, 5) is 0. The summed E-state index contributed by atoms with van der Waals surface area (Å²) in [6.45, 7) is 0. The van der Waals surface area contributed by atoms with E-state index in [1.807, 2.05) is 0 Å². The molecule has 0 aromatic heterocycles. The summed E-state index contributed by atoms with van der Waals surface area (Å²) in [5.41, 5.74) is 5.99. The van der Waals surface area contributed by atoms with Crippen molar-refractivity contribution in [1.82, 2.24) is 0 Å². The minimum Gasteiger partial charge on any atom is -0.399 e. The third kappa shape index (κ3) is 14.4. The maximum Gasteiger partial charge on any atom is 0.229 e. The highest BCUT2D eigenvalue weighted by Gasteiger charge is 2.04. The minimum atomic E-state index is -3.34. The molecule has 152 valence electrons. The third-order valence-electron chi connectivity index (χ3n) is 2.17. The van der Waals surface area contributed by atoms with Gasteiger partial charge in [0.05, 0.1) is 28.2 Å². The first kappa shape index (κ1) is 25.7. The fraction of sp³-hybridized carbons (Fsp3) is 0.143. The van der Waals surface area contributed by atoms with E-state index in [0.29, 0.717) is 5.69 Å². The quantitative estimate of drug-likeness (QED) is 0.494. The normalized spacial score (nSPS) is 10.8. The van der Waals surface area contributed by atoms with E-state index in [9.17, 15) is 25.6 Å². The summed E-state index contributed by atoms with van der Waals surface area (Å²) in [7, 11) is -2.03. The van der Waals surface area contributed by atoms with Crippen LogP contribution in [-0.2, 0) is 19.1 Å². The molecule has 0 radical (unpaired) electrons. The van der Waals surface area contributed by atoms with Crippen molar-refractivity contribution in [3.05, 3.63) is 58.1 Å². The van der Waals surface area contributed by atoms with Gasteiger partial charge in [-0.2, -0.15) is 0 Å². The van der Waals surface area contributed by atoms with Crippen molar-refractivity contribution in [3.63, 3.8) is 0 Å². The van der Waals surface area contributed by atoms with Crippen LogP contribution in [0.3, 0.4) is 0 Å². The molecule has 0 fully saturated rings. The highest BCUT2D eigenvalue weighted by molar-refractivity contribution is 8.13. The van der Waals surface area contributed by atoms with Crippen LogP contribution in [0.15, 0.2) is 36.4 Å². The molecule has 2 rings (SSSR count). The van der Waals surface area contributed by atoms with Crippen LogP contribution in [-0.4, -0.2) is 29.3 Å². The number of benzene rings is 2. The molecule has 6 nitrogen and oxygen atoms in total. The van der Waals surface area contributed by atoms with Gasteiger partial charge in [0.2, 0.25) is 19.1 Å². The van der Waals surface area contributed by atoms with E-state index in [2.05, 4.69) is 15.4 Å². The first-order valence-electron chi connectivity index (χ1n) is 6.61. The number of nitrogens with one attached hydrogen (secondary N) is 1. The smallest absolute Gasteiger partial charge is 0.229 e. The van der Waals surface area contributed by atoms with Gasteiger partial charge in [0.1, 0.15) is 11.6 Å². The summed E-state index contributed by atoms with van der Waals surface area (Å²) < 4.78 is 67.4. The molecule has 3 N–H and O–H groups in total. The van der Waals surface area contributed by atoms with Gasteiger partial charge in [-0.15, -0.1) is 0 Å². The molecule has 0 aliphatic heterocycles. The maximum absolute atomic E-state index is 12.6. The molecule has 0 saturated heterocycles. The van der Waals surface area contributed by atoms with Crippen molar-refractivity contribution in [2.75, 3.05) is 23.0 Å². The van der Waals surface area contributed by atoms with Gasteiger partial charge >= 0.3 is 0 Å². The largest absolute Gasteiger partial charge is 0.399 e. The Hall–Kier alpha value is -1.33. The van der Waals surface area contributed by atoms with Crippen LogP contribution in [0.5, 0.6) is 0 Å². The second kappa shape index (κ2) is 10.9. The van der Waals surface area contributed by atoms with E-state index < -0.39 is 30.7 Å². The lowest BCUT2D eigenvalue weighted by Crippen LogP contribution is -2.09. The first-order chi connectivity index (χ1) is 12.1. The number of hydrogen-bond donors (Lipinski definition) is 2. The standard InChI is InChI=1S/C7H7ClFNO2S.C6H5ClFN.CH3ClO2S/c1-13(11,12)10-5-2-3-7(9)6(8)4-5;7-5-3-4(9)1-2-6(5)8;1-5(2,3)4/h2-4,10H,1H3;1-3H,9H2;1H3. The zero-order valence-electron chi connectivity index (χ0n) is 13.9. The van der Waals surface area contributed by atoms with E-state index in [-0.39, 0.29) is 15.7 Å². The predicted octanol–water partition coefficient (Wildman–Crippen LogP) is 4.10. The number of rotatable bonds is 2. The van der Waals surface area contributed by atoms with Crippen molar-refractivity contribution in [2.45, 2.75) is 0 Å². The van der Waals surface area contributed by atoms with Crippen molar-refractivity contribution in [2.24, 2.45) is 0 Å². The summed E-state index contributed by atoms with van der Waals surface area (Å²) >= 11 is 10.8. The summed E-state index contributed by atoms with van der Waals surface area (Å²) in [5, 5.41) is -0.0522. The first-order valence-corrected chi connectivity index (χ1v) is 12.0. The Morgan fingerprint density at radius 3 is 1.63 bits per heavy atom. The molecule has 0 aliphatic rings. The van der Waals surface area contributed by atoms with Crippen LogP contribution in [0.25, 0.3) is 0 Å². The van der Waals surface area contributed by atoms with E-state index in [0.717, 1.165) is 18.6 Å². The monoisotopic (exact) mass is 482 g/mol. The Morgan fingerprint density at radius 2 is 1.30 bits per heavy atom. The molecule has 2 aromatic rings. The molecule has 0 bridgehead atoms. The number of halogens is 5. The molecular weight excluding hydrogens is 469 g/mol. The van der Waals surface area contributed by atoms with Crippen LogP contribution in [0.4, 0.5) is 20.2 Å². The fourth-order valence-electron chi connectivity index (χ4n) is 1.29. The highest BCUT2D eigenvalue weighted by atomic mass is 35.7. The van der Waals surface area contributed by atoms with Crippen molar-refractivity contribution >= 4 is 64.3 Å². The number of nitrogens with two attached hydrogens (primary N) is 1. The van der Waals surface area contributed by atoms with Crippen molar-refractivity contribution in [3.8, 4) is 0 Å². The van der Waals surface area contributed by atoms with Crippen LogP contribution >= 0.6 is 33.9 Å². The molecule has 0 spiro atoms. The number of nitrogen functional groups attached to an aromatic ring is 1. The van der Waals surface area contributed by atoms with Crippen LogP contribution in [0, 0.1) is 11.6 Å². The van der Waals surface area contributed by atoms with E-state index in [1.165, 1.54) is 30.3 Å². The molecule has 0 unspecified atom stereocenters. The lowest BCUT2D eigenvalue weighted by Gasteiger charge is -2.03. The molecule has 0 saturated carbocycles. The van der Waals surface area contributed by atoms with Crippen LogP contribution in [0.2, 0.25) is 10.0 Å². The Kier molecular flexibility index (Phi) is 10.3. The van der Waals surface area contributed by atoms with Gasteiger partial charge in [0, 0.05) is 16.4 Å². The van der Waals surface area contributed by atoms with Gasteiger partial charge in [-0.3, -0.25) is 4.72 Å². The van der Waals surface area contributed by atoms with Gasteiger partial charge in [-0.25, -0.2) is 25.6 Å². The lowest BCUT2D eigenvalue weighted by atomic mass is 10.3. The second-order valence-corrected chi connectivity index (χ2v) is 10.5. The summed E-state index contributed by atoms with van der Waals surface area (Å²) in [6.07, 6.45) is 1.93. The second-order valence-electron chi connectivity index (χ2n) is 4.86. The predicted molar refractivity (Wildman–Crippen MR) is 106 cm³/mol. The number of anilines is 2. The Balaban J connectivity index is 0.000000419. The molecule has 0 heterocycles. The Bertz CT molecular complexity index is 980. The maximum atomic E-state index is 12.6. The Labute approximate surface area is 170 Å². The van der Waals surface area contributed by atoms with Gasteiger partial charge in [0.15, 0.2) is 0 Å². The third-order valence-corrected chi connectivity index (χ3v) is 3.35. The molecular formula is C14H15Cl3F2N2O4S2. The van der Waals surface area contributed by atoms with E-state index >= 15 is 0 Å². The zero-order valence-corrected chi connectivity index (χ0v) is 17.8. The lowest BCUT2D eigenvalue weighted by molar-refractivity contribution is 0.606. The molecule has 0 aliphatic carbocycles. The highest BCUT2D eigenvalue weighted by Crippen LogP contribution is 2.19. The van der Waals surface area contributed by atoms with Gasteiger partial charge in [0.25, 0.3) is 0 Å². The zero-order chi connectivity index (χ0) is 21.4. The molecule has 0 amide bonds. The molecule has 0 atom stereocenters. The average Bonchev–Trinajstić information content (AvgIpc) is 2.45. The molecule has 27 heavy (non-hydrogen) atoms. The van der Waals surface area contributed by atoms with Gasteiger partial charge in [-0.1, -0.05) is 23.2 Å². The Morgan fingerprint density at radius 1 is 0.889 bits per heavy atom. The van der Waals surface area contributed by atoms with E-state index in [4.69, 9.17) is 28.9 Å². The van der Waals surface area contributed by atoms with Gasteiger partial charge in [-0.05, 0) is 36.4 Å². The number of hydrogen-bond acceptors (Lipinski definition) is 5. The topological polar surface area (TPSA) is 106 Å². The summed E-state index contributed by atoms with van der Waals surface area (Å²) in [6, 6.07) is 7.66. The van der Waals surface area contributed by atoms with Crippen molar-refractivity contribution in [1.29, 1.82) is 0 Å². The average molecular weight is 484 g/mol. The van der Waals surface area contributed by atoms with Crippen molar-refractivity contribution < 1.29 is 25.6 Å². The summed E-state index contributed by atoms with van der Waals surface area (Å²) in [5.74, 6) is -1.02. The molecule has 2 aromatic carbocycles. The van der Waals surface area contributed by atoms with Crippen LogP contribution < -0.4 is 10.5 Å².